The van der Waals surface area contributed by atoms with E-state index in [0.29, 0.717) is 11.4 Å². The Morgan fingerprint density at radius 2 is 1.71 bits per heavy atom. The Balaban J connectivity index is 1.77. The Labute approximate surface area is 169 Å². The van der Waals surface area contributed by atoms with Crippen molar-refractivity contribution in [3.8, 4) is 16.9 Å². The monoisotopic (exact) mass is 391 g/mol. The van der Waals surface area contributed by atoms with E-state index < -0.39 is 6.10 Å². The third-order valence-corrected chi connectivity index (χ3v) is 5.91. The molecule has 0 aromatic heterocycles. The molecule has 0 bridgehead atoms. The smallest absolute Gasteiger partial charge is 0.150 e. The lowest BCUT2D eigenvalue weighted by Crippen LogP contribution is -2.38. The van der Waals surface area contributed by atoms with E-state index in [4.69, 9.17) is 16.3 Å². The summed E-state index contributed by atoms with van der Waals surface area (Å²) in [6.45, 7) is 4.22. The average Bonchev–Trinajstić information content (AvgIpc) is 2.66. The van der Waals surface area contributed by atoms with Gasteiger partial charge in [0.2, 0.25) is 0 Å². The van der Waals surface area contributed by atoms with Crippen molar-refractivity contribution in [2.24, 2.45) is 0 Å². The van der Waals surface area contributed by atoms with Crippen molar-refractivity contribution < 1.29 is 9.84 Å². The molecule has 142 valence electrons. The number of ether oxygens (including phenoxy) is 1. The zero-order valence-electron chi connectivity index (χ0n) is 15.9. The molecular formula is C24H22ClNO2. The van der Waals surface area contributed by atoms with Crippen molar-refractivity contribution in [3.63, 3.8) is 0 Å². The first kappa shape index (κ1) is 17.6. The summed E-state index contributed by atoms with van der Waals surface area (Å²) < 4.78 is 6.47. The van der Waals surface area contributed by atoms with E-state index in [-0.39, 0.29) is 11.6 Å². The molecule has 28 heavy (non-hydrogen) atoms. The summed E-state index contributed by atoms with van der Waals surface area (Å²) in [5, 5.41) is 15.4. The predicted molar refractivity (Wildman–Crippen MR) is 113 cm³/mol. The van der Waals surface area contributed by atoms with Crippen molar-refractivity contribution in [3.05, 3.63) is 82.4 Å². The molecule has 3 aromatic carbocycles. The van der Waals surface area contributed by atoms with E-state index in [2.05, 4.69) is 37.4 Å². The van der Waals surface area contributed by atoms with E-state index in [1.807, 2.05) is 42.5 Å². The highest BCUT2D eigenvalue weighted by Crippen LogP contribution is 2.51. The van der Waals surface area contributed by atoms with Gasteiger partial charge in [-0.3, -0.25) is 0 Å². The molecule has 3 nitrogen and oxygen atoms in total. The minimum Gasteiger partial charge on any atom is -0.480 e. The molecule has 0 radical (unpaired) electrons. The average molecular weight is 392 g/mol. The Morgan fingerprint density at radius 3 is 2.50 bits per heavy atom. The van der Waals surface area contributed by atoms with Gasteiger partial charge in [-0.2, -0.15) is 0 Å². The lowest BCUT2D eigenvalue weighted by Gasteiger charge is -2.40. The maximum atomic E-state index is 11.1. The molecule has 3 aromatic rings. The number of nitrogens with one attached hydrogen (secondary N) is 1. The van der Waals surface area contributed by atoms with Crippen LogP contribution in [0.2, 0.25) is 5.02 Å². The molecule has 2 N–H and O–H groups in total. The first-order chi connectivity index (χ1) is 13.4. The molecular weight excluding hydrogens is 370 g/mol. The molecule has 2 unspecified atom stereocenters. The number of anilines is 1. The Bertz CT molecular complexity index is 1060. The van der Waals surface area contributed by atoms with Crippen molar-refractivity contribution in [1.82, 2.24) is 0 Å². The second-order valence-corrected chi connectivity index (χ2v) is 8.70. The van der Waals surface area contributed by atoms with Gasteiger partial charge in [-0.1, -0.05) is 48.0 Å². The van der Waals surface area contributed by atoms with Gasteiger partial charge in [-0.25, -0.2) is 0 Å². The molecule has 0 saturated carbocycles. The van der Waals surface area contributed by atoms with E-state index >= 15 is 0 Å². The fraction of sp³-hybridized carbons (Fsp3) is 0.250. The summed E-state index contributed by atoms with van der Waals surface area (Å²) >= 11 is 6.11. The summed E-state index contributed by atoms with van der Waals surface area (Å²) in [6.07, 6.45) is -0.203. The highest BCUT2D eigenvalue weighted by molar-refractivity contribution is 6.30. The van der Waals surface area contributed by atoms with Gasteiger partial charge in [0.05, 0.1) is 6.10 Å². The molecule has 5 rings (SSSR count). The fourth-order valence-electron chi connectivity index (χ4n) is 4.47. The molecule has 0 fully saturated rings. The van der Waals surface area contributed by atoms with Crippen molar-refractivity contribution in [2.75, 3.05) is 5.32 Å². The van der Waals surface area contributed by atoms with Crippen molar-refractivity contribution >= 4 is 17.3 Å². The number of aliphatic hydroxyl groups excluding tert-OH is 1. The van der Waals surface area contributed by atoms with Crippen LogP contribution in [0.3, 0.4) is 0 Å². The Hall–Kier alpha value is -2.49. The minimum absolute atomic E-state index is 0.163. The van der Waals surface area contributed by atoms with E-state index in [0.717, 1.165) is 39.3 Å². The van der Waals surface area contributed by atoms with E-state index in [1.165, 1.54) is 0 Å². The van der Waals surface area contributed by atoms with Crippen LogP contribution in [-0.2, 0) is 0 Å². The predicted octanol–water partition coefficient (Wildman–Crippen LogP) is 6.12. The molecule has 0 aliphatic carbocycles. The second-order valence-electron chi connectivity index (χ2n) is 8.26. The van der Waals surface area contributed by atoms with Crippen molar-refractivity contribution in [1.29, 1.82) is 0 Å². The first-order valence-electron chi connectivity index (χ1n) is 9.57. The summed E-state index contributed by atoms with van der Waals surface area (Å²) in [5.74, 6) is 0.855. The van der Waals surface area contributed by atoms with Gasteiger partial charge in [-0.05, 0) is 49.2 Å². The summed E-state index contributed by atoms with van der Waals surface area (Å²) in [7, 11) is 0. The summed E-state index contributed by atoms with van der Waals surface area (Å²) in [6, 6.07) is 20.1. The van der Waals surface area contributed by atoms with Gasteiger partial charge in [0.15, 0.2) is 0 Å². The molecule has 2 heterocycles. The van der Waals surface area contributed by atoms with Crippen molar-refractivity contribution in [2.45, 2.75) is 38.0 Å². The maximum Gasteiger partial charge on any atom is 0.150 e. The van der Waals surface area contributed by atoms with Gasteiger partial charge < -0.3 is 15.2 Å². The molecule has 4 heteroatoms. The third-order valence-electron chi connectivity index (χ3n) is 5.65. The highest BCUT2D eigenvalue weighted by Gasteiger charge is 2.38. The molecule has 2 aliphatic rings. The minimum atomic E-state index is -0.551. The topological polar surface area (TPSA) is 41.5 Å². The number of para-hydroxylation sites is 1. The lowest BCUT2D eigenvalue weighted by molar-refractivity contribution is 0.135. The van der Waals surface area contributed by atoms with Gasteiger partial charge in [0.1, 0.15) is 11.9 Å². The molecule has 2 atom stereocenters. The normalized spacial score (nSPS) is 21.6. The standard InChI is InChI=1S/C24H22ClNO2/c1-24(2)13-19(27)22-18(26-24)12-11-17-16-5-3-4-6-20(16)28-23(21(17)22)14-7-9-15(25)10-8-14/h3-12,19,23,26-27H,13H2,1-2H3. The van der Waals surface area contributed by atoms with Gasteiger partial charge in [0.25, 0.3) is 0 Å². The van der Waals surface area contributed by atoms with Crippen LogP contribution in [0, 0.1) is 0 Å². The Kier molecular flexibility index (Phi) is 3.94. The highest BCUT2D eigenvalue weighted by atomic mass is 35.5. The molecule has 0 amide bonds. The number of halogens is 1. The zero-order valence-corrected chi connectivity index (χ0v) is 16.6. The Morgan fingerprint density at radius 1 is 0.964 bits per heavy atom. The van der Waals surface area contributed by atoms with E-state index in [1.54, 1.807) is 0 Å². The van der Waals surface area contributed by atoms with Crippen LogP contribution in [0.1, 0.15) is 49.2 Å². The van der Waals surface area contributed by atoms with Gasteiger partial charge in [0, 0.05) is 39.4 Å². The van der Waals surface area contributed by atoms with Crippen LogP contribution < -0.4 is 10.1 Å². The van der Waals surface area contributed by atoms with Crippen LogP contribution in [0.25, 0.3) is 11.1 Å². The third kappa shape index (κ3) is 2.78. The molecule has 2 aliphatic heterocycles. The maximum absolute atomic E-state index is 11.1. The second kappa shape index (κ2) is 6.26. The lowest BCUT2D eigenvalue weighted by atomic mass is 9.79. The van der Waals surface area contributed by atoms with Crippen LogP contribution in [0.5, 0.6) is 5.75 Å². The van der Waals surface area contributed by atoms with E-state index in [9.17, 15) is 5.11 Å². The van der Waals surface area contributed by atoms with Crippen LogP contribution in [-0.4, -0.2) is 10.6 Å². The van der Waals surface area contributed by atoms with Gasteiger partial charge >= 0.3 is 0 Å². The summed E-state index contributed by atoms with van der Waals surface area (Å²) in [4.78, 5) is 0. The number of hydrogen-bond donors (Lipinski definition) is 2. The van der Waals surface area contributed by atoms with Crippen LogP contribution in [0.4, 0.5) is 5.69 Å². The quantitative estimate of drug-likeness (QED) is 0.525. The number of aliphatic hydroxyl groups is 1. The molecule has 0 saturated heterocycles. The largest absolute Gasteiger partial charge is 0.480 e. The van der Waals surface area contributed by atoms with Crippen LogP contribution in [0.15, 0.2) is 60.7 Å². The molecule has 0 spiro atoms. The first-order valence-corrected chi connectivity index (χ1v) is 9.95. The number of hydrogen-bond acceptors (Lipinski definition) is 3. The zero-order chi connectivity index (χ0) is 19.5. The number of fused-ring (bicyclic) bond motifs is 5. The van der Waals surface area contributed by atoms with Gasteiger partial charge in [-0.15, -0.1) is 0 Å². The van der Waals surface area contributed by atoms with Crippen LogP contribution >= 0.6 is 11.6 Å². The number of rotatable bonds is 1. The summed E-state index contributed by atoms with van der Waals surface area (Å²) in [5.41, 5.74) is 5.98. The SMILES string of the molecule is CC1(C)CC(O)c2c(ccc3c2C(c2ccc(Cl)cc2)Oc2ccccc2-3)N1. The fourth-order valence-corrected chi connectivity index (χ4v) is 4.60. The number of benzene rings is 3.